The van der Waals surface area contributed by atoms with Crippen LogP contribution in [-0.2, 0) is 4.74 Å². The van der Waals surface area contributed by atoms with Gasteiger partial charge in [-0.2, -0.15) is 0 Å². The predicted octanol–water partition coefficient (Wildman–Crippen LogP) is 4.17. The Kier molecular flexibility index (Phi) is 7.23. The normalized spacial score (nSPS) is 16.4. The molecule has 0 aliphatic carbocycles. The molecule has 1 amide bonds. The average molecular weight is 546 g/mol. The van der Waals surface area contributed by atoms with E-state index >= 15 is 4.39 Å². The van der Waals surface area contributed by atoms with Gasteiger partial charge in [0, 0.05) is 67.2 Å². The molecule has 2 aliphatic heterocycles. The minimum absolute atomic E-state index is 0.0199. The summed E-state index contributed by atoms with van der Waals surface area (Å²) >= 11 is 0. The quantitative estimate of drug-likeness (QED) is 0.373. The van der Waals surface area contributed by atoms with Crippen LogP contribution in [0, 0.1) is 12.7 Å². The van der Waals surface area contributed by atoms with Gasteiger partial charge in [0.05, 0.1) is 13.2 Å². The largest absolute Gasteiger partial charge is 0.435 e. The Morgan fingerprint density at radius 1 is 1.02 bits per heavy atom. The fraction of sp³-hybridized carbons (Fsp3) is 0.345. The number of morpholine rings is 1. The first-order valence-electron chi connectivity index (χ1n) is 13.4. The molecule has 2 saturated heterocycles. The van der Waals surface area contributed by atoms with Crippen molar-refractivity contribution < 1.29 is 18.7 Å². The van der Waals surface area contributed by atoms with Crippen LogP contribution in [0.25, 0.3) is 10.9 Å². The van der Waals surface area contributed by atoms with Crippen molar-refractivity contribution in [2.75, 3.05) is 69.7 Å². The number of likely N-dealkylation sites (N-methyl/N-ethyl adjacent to an activating group) is 1. The molecule has 2 aromatic carbocycles. The minimum Gasteiger partial charge on any atom is -0.435 e. The number of aromatic amines is 1. The van der Waals surface area contributed by atoms with Gasteiger partial charge in [0.1, 0.15) is 11.9 Å². The zero-order valence-electron chi connectivity index (χ0n) is 22.6. The molecule has 2 aliphatic rings. The number of amides is 1. The number of hydrogen-bond donors (Lipinski definition) is 2. The second-order valence-electron chi connectivity index (χ2n) is 10.2. The Bertz CT molecular complexity index is 1510. The molecule has 0 radical (unpaired) electrons. The second-order valence-corrected chi connectivity index (χ2v) is 10.2. The number of aryl methyl sites for hydroxylation is 1. The van der Waals surface area contributed by atoms with E-state index in [9.17, 15) is 4.79 Å². The number of anilines is 3. The van der Waals surface area contributed by atoms with Crippen LogP contribution < -0.4 is 15.0 Å². The smallest absolute Gasteiger partial charge is 0.263 e. The number of nitrogens with one attached hydrogen (secondary N) is 2. The number of rotatable bonds is 6. The molecule has 6 rings (SSSR count). The first kappa shape index (κ1) is 26.0. The van der Waals surface area contributed by atoms with E-state index in [1.165, 1.54) is 12.4 Å². The molecule has 40 heavy (non-hydrogen) atoms. The summed E-state index contributed by atoms with van der Waals surface area (Å²) in [4.78, 5) is 31.9. The van der Waals surface area contributed by atoms with Gasteiger partial charge >= 0.3 is 0 Å². The molecular formula is C29H32FN7O3. The molecule has 10 nitrogen and oxygen atoms in total. The predicted molar refractivity (Wildman–Crippen MR) is 151 cm³/mol. The van der Waals surface area contributed by atoms with Crippen molar-refractivity contribution in [3.05, 3.63) is 65.9 Å². The summed E-state index contributed by atoms with van der Waals surface area (Å²) in [6.07, 6.45) is 1.31. The molecule has 2 N–H and O–H groups in total. The molecule has 0 unspecified atom stereocenters. The maximum atomic E-state index is 15.4. The van der Waals surface area contributed by atoms with Crippen LogP contribution in [0.2, 0.25) is 0 Å². The highest BCUT2D eigenvalue weighted by Gasteiger charge is 2.28. The van der Waals surface area contributed by atoms with Gasteiger partial charge in [-0.05, 0) is 56.4 Å². The molecule has 0 atom stereocenters. The Labute approximate surface area is 231 Å². The van der Waals surface area contributed by atoms with Gasteiger partial charge in [0.2, 0.25) is 5.88 Å². The molecular weight excluding hydrogens is 513 g/mol. The third-order valence-corrected chi connectivity index (χ3v) is 7.37. The molecule has 11 heteroatoms. The van der Waals surface area contributed by atoms with Crippen LogP contribution in [0.15, 0.2) is 48.8 Å². The highest BCUT2D eigenvalue weighted by Crippen LogP contribution is 2.34. The lowest BCUT2D eigenvalue weighted by Gasteiger charge is -2.34. The maximum Gasteiger partial charge on any atom is 0.263 e. The van der Waals surface area contributed by atoms with Crippen molar-refractivity contribution in [2.24, 2.45) is 0 Å². The van der Waals surface area contributed by atoms with Crippen LogP contribution in [0.1, 0.15) is 16.1 Å². The number of benzene rings is 2. The zero-order chi connectivity index (χ0) is 27.6. The summed E-state index contributed by atoms with van der Waals surface area (Å²) in [6.45, 7) is 7.57. The van der Waals surface area contributed by atoms with Gasteiger partial charge in [0.15, 0.2) is 17.4 Å². The van der Waals surface area contributed by atoms with Gasteiger partial charge in [-0.1, -0.05) is 0 Å². The highest BCUT2D eigenvalue weighted by atomic mass is 19.1. The van der Waals surface area contributed by atoms with Crippen molar-refractivity contribution in [1.82, 2.24) is 24.8 Å². The lowest BCUT2D eigenvalue weighted by atomic mass is 10.2. The lowest BCUT2D eigenvalue weighted by molar-refractivity contribution is 0.0301. The van der Waals surface area contributed by atoms with Crippen molar-refractivity contribution in [1.29, 1.82) is 0 Å². The molecule has 4 heterocycles. The Balaban J connectivity index is 1.32. The molecule has 2 aromatic heterocycles. The fourth-order valence-electron chi connectivity index (χ4n) is 5.09. The summed E-state index contributed by atoms with van der Waals surface area (Å²) in [5.74, 6) is -0.598. The number of fused-ring (bicyclic) bond motifs is 1. The average Bonchev–Trinajstić information content (AvgIpc) is 3.37. The number of ether oxygens (including phenoxy) is 2. The van der Waals surface area contributed by atoms with E-state index in [-0.39, 0.29) is 28.9 Å². The lowest BCUT2D eigenvalue weighted by Crippen LogP contribution is -2.44. The first-order chi connectivity index (χ1) is 19.5. The number of hydrogen-bond acceptors (Lipinski definition) is 8. The van der Waals surface area contributed by atoms with Gasteiger partial charge in [-0.3, -0.25) is 4.79 Å². The number of halogens is 1. The second kappa shape index (κ2) is 11.1. The Morgan fingerprint density at radius 2 is 1.77 bits per heavy atom. The van der Waals surface area contributed by atoms with E-state index in [4.69, 9.17) is 9.47 Å². The molecule has 4 aromatic rings. The van der Waals surface area contributed by atoms with E-state index in [1.807, 2.05) is 19.1 Å². The third kappa shape index (κ3) is 5.30. The van der Waals surface area contributed by atoms with Crippen LogP contribution >= 0.6 is 0 Å². The molecule has 0 spiro atoms. The topological polar surface area (TPSA) is 98.8 Å². The standard InChI is InChI=1S/C29H32FN7O3/c1-19-17-22-23(33-19)7-8-24(26(22)30)40-28-25(29(38)37-13-15-39-16-14-37)27(31-18-32-28)34-20-3-5-21(6-4-20)36-11-9-35(2)10-12-36/h3-8,17-18,33H,9-16H2,1-2H3,(H,31,32,34). The highest BCUT2D eigenvalue weighted by molar-refractivity contribution is 6.01. The number of carbonyl (C=O) groups is 1. The molecule has 0 saturated carbocycles. The summed E-state index contributed by atoms with van der Waals surface area (Å²) in [6, 6.07) is 13.0. The summed E-state index contributed by atoms with van der Waals surface area (Å²) in [5, 5.41) is 3.67. The molecule has 2 fully saturated rings. The van der Waals surface area contributed by atoms with Gasteiger partial charge in [0.25, 0.3) is 5.91 Å². The molecule has 0 bridgehead atoms. The van der Waals surface area contributed by atoms with Crippen LogP contribution in [-0.4, -0.2) is 90.2 Å². The zero-order valence-corrected chi connectivity index (χ0v) is 22.6. The van der Waals surface area contributed by atoms with E-state index in [1.54, 1.807) is 17.0 Å². The monoisotopic (exact) mass is 545 g/mol. The van der Waals surface area contributed by atoms with E-state index in [0.29, 0.717) is 37.2 Å². The van der Waals surface area contributed by atoms with E-state index < -0.39 is 5.82 Å². The third-order valence-electron chi connectivity index (χ3n) is 7.37. The van der Waals surface area contributed by atoms with Crippen molar-refractivity contribution in [2.45, 2.75) is 6.92 Å². The number of piperazine rings is 1. The summed E-state index contributed by atoms with van der Waals surface area (Å²) in [5.41, 5.74) is 3.53. The van der Waals surface area contributed by atoms with Gasteiger partial charge < -0.3 is 34.5 Å². The van der Waals surface area contributed by atoms with Crippen LogP contribution in [0.5, 0.6) is 11.6 Å². The van der Waals surface area contributed by atoms with Crippen molar-refractivity contribution in [3.63, 3.8) is 0 Å². The van der Waals surface area contributed by atoms with Gasteiger partial charge in [-0.25, -0.2) is 14.4 Å². The van der Waals surface area contributed by atoms with Gasteiger partial charge in [-0.15, -0.1) is 0 Å². The summed E-state index contributed by atoms with van der Waals surface area (Å²) in [7, 11) is 2.13. The van der Waals surface area contributed by atoms with E-state index in [2.05, 4.69) is 49.2 Å². The Morgan fingerprint density at radius 3 is 2.52 bits per heavy atom. The number of carbonyl (C=O) groups excluding carboxylic acids is 1. The van der Waals surface area contributed by atoms with Crippen LogP contribution in [0.4, 0.5) is 21.6 Å². The van der Waals surface area contributed by atoms with Crippen LogP contribution in [0.3, 0.4) is 0 Å². The maximum absolute atomic E-state index is 15.4. The first-order valence-corrected chi connectivity index (χ1v) is 13.4. The summed E-state index contributed by atoms with van der Waals surface area (Å²) < 4.78 is 26.8. The van der Waals surface area contributed by atoms with E-state index in [0.717, 1.165) is 43.2 Å². The number of aromatic nitrogens is 3. The Hall–Kier alpha value is -4.22. The number of H-pyrrole nitrogens is 1. The molecule has 208 valence electrons. The fourth-order valence-corrected chi connectivity index (χ4v) is 5.09. The van der Waals surface area contributed by atoms with Crippen molar-refractivity contribution >= 4 is 34.0 Å². The SMILES string of the molecule is Cc1cc2c(F)c(Oc3ncnc(Nc4ccc(N5CCN(C)CC5)cc4)c3C(=O)N3CCOCC3)ccc2[nH]1. The minimum atomic E-state index is -0.528. The van der Waals surface area contributed by atoms with Crippen molar-refractivity contribution in [3.8, 4) is 11.6 Å². The number of nitrogens with zero attached hydrogens (tertiary/aromatic N) is 5.